The number of hydrogen-bond acceptors (Lipinski definition) is 6. The van der Waals surface area contributed by atoms with E-state index in [1.54, 1.807) is 14.2 Å². The molecule has 7 nitrogen and oxygen atoms in total. The Kier molecular flexibility index (Phi) is 5.66. The first-order valence-corrected chi connectivity index (χ1v) is 8.76. The van der Waals surface area contributed by atoms with Crippen LogP contribution < -0.4 is 9.47 Å². The van der Waals surface area contributed by atoms with E-state index in [9.17, 15) is 9.59 Å². The lowest BCUT2D eigenvalue weighted by atomic mass is 9.91. The van der Waals surface area contributed by atoms with Gasteiger partial charge >= 0.3 is 5.97 Å². The lowest BCUT2D eigenvalue weighted by Crippen LogP contribution is -2.48. The van der Waals surface area contributed by atoms with Gasteiger partial charge in [-0.3, -0.25) is 9.59 Å². The smallest absolute Gasteiger partial charge is 0.305 e. The third kappa shape index (κ3) is 3.77. The molecule has 0 saturated carbocycles. The summed E-state index contributed by atoms with van der Waals surface area (Å²) in [7, 11) is 4.57. The molecule has 0 aromatic heterocycles. The van der Waals surface area contributed by atoms with Crippen molar-refractivity contribution in [3.63, 3.8) is 0 Å². The van der Waals surface area contributed by atoms with Crippen LogP contribution in [-0.4, -0.2) is 57.0 Å². The average Bonchev–Trinajstić information content (AvgIpc) is 3.04. The van der Waals surface area contributed by atoms with Crippen molar-refractivity contribution in [1.82, 2.24) is 4.90 Å². The van der Waals surface area contributed by atoms with Gasteiger partial charge in [-0.1, -0.05) is 6.07 Å². The number of rotatable bonds is 6. The number of benzene rings is 1. The minimum Gasteiger partial charge on any atom is -0.493 e. The summed E-state index contributed by atoms with van der Waals surface area (Å²) in [6, 6.07) is 5.76. The number of methoxy groups -OCH3 is 3. The second-order valence-corrected chi connectivity index (χ2v) is 6.72. The van der Waals surface area contributed by atoms with E-state index < -0.39 is 0 Å². The molecule has 3 rings (SSSR count). The van der Waals surface area contributed by atoms with Crippen LogP contribution in [-0.2, 0) is 25.5 Å². The Morgan fingerprint density at radius 1 is 1.23 bits per heavy atom. The minimum atomic E-state index is -0.281. The summed E-state index contributed by atoms with van der Waals surface area (Å²) in [6.45, 7) is 0.496. The Morgan fingerprint density at radius 3 is 2.69 bits per heavy atom. The van der Waals surface area contributed by atoms with Crippen LogP contribution >= 0.6 is 0 Å². The molecule has 0 N–H and O–H groups in total. The van der Waals surface area contributed by atoms with E-state index in [1.165, 1.54) is 7.11 Å². The molecular weight excluding hydrogens is 338 g/mol. The second-order valence-electron chi connectivity index (χ2n) is 6.72. The average molecular weight is 363 g/mol. The fourth-order valence-corrected chi connectivity index (χ4v) is 3.80. The molecule has 0 spiro atoms. The van der Waals surface area contributed by atoms with E-state index in [2.05, 4.69) is 0 Å². The summed E-state index contributed by atoms with van der Waals surface area (Å²) in [6.07, 6.45) is 1.72. The Hall–Kier alpha value is -2.28. The molecule has 0 radical (unpaired) electrons. The number of piperidine rings is 1. The highest BCUT2D eigenvalue weighted by Gasteiger charge is 2.43. The van der Waals surface area contributed by atoms with Gasteiger partial charge in [0.05, 0.1) is 34.0 Å². The fraction of sp³-hybridized carbons (Fsp3) is 0.579. The summed E-state index contributed by atoms with van der Waals surface area (Å²) in [5.74, 6) is 1.09. The van der Waals surface area contributed by atoms with Crippen LogP contribution in [0.15, 0.2) is 18.2 Å². The molecule has 0 unspecified atom stereocenters. The molecule has 2 aliphatic rings. The zero-order valence-electron chi connectivity index (χ0n) is 15.4. The quantitative estimate of drug-likeness (QED) is 0.717. The van der Waals surface area contributed by atoms with E-state index in [0.717, 1.165) is 5.56 Å². The largest absolute Gasteiger partial charge is 0.493 e. The number of fused-ring (bicyclic) bond motifs is 1. The highest BCUT2D eigenvalue weighted by atomic mass is 16.5. The van der Waals surface area contributed by atoms with E-state index >= 15 is 0 Å². The predicted molar refractivity (Wildman–Crippen MR) is 93.0 cm³/mol. The molecule has 2 heterocycles. The second kappa shape index (κ2) is 7.95. The van der Waals surface area contributed by atoms with Gasteiger partial charge in [0.2, 0.25) is 5.91 Å². The first-order chi connectivity index (χ1) is 12.5. The van der Waals surface area contributed by atoms with Gasteiger partial charge in [0.15, 0.2) is 11.5 Å². The summed E-state index contributed by atoms with van der Waals surface area (Å²) < 4.78 is 21.2. The number of carbonyl (C=O) groups is 2. The Morgan fingerprint density at radius 2 is 2.00 bits per heavy atom. The highest BCUT2D eigenvalue weighted by Crippen LogP contribution is 2.35. The van der Waals surface area contributed by atoms with Crippen LogP contribution in [0.1, 0.15) is 24.8 Å². The van der Waals surface area contributed by atoms with Crippen molar-refractivity contribution in [2.75, 3.05) is 27.9 Å². The number of amides is 1. The molecule has 7 heteroatoms. The van der Waals surface area contributed by atoms with Crippen molar-refractivity contribution in [2.45, 2.75) is 38.0 Å². The number of hydrogen-bond donors (Lipinski definition) is 0. The monoisotopic (exact) mass is 363 g/mol. The Labute approximate surface area is 153 Å². The van der Waals surface area contributed by atoms with Crippen molar-refractivity contribution in [3.05, 3.63) is 23.8 Å². The zero-order chi connectivity index (χ0) is 18.7. The van der Waals surface area contributed by atoms with Crippen LogP contribution in [0, 0.1) is 5.92 Å². The van der Waals surface area contributed by atoms with Crippen LogP contribution in [0.25, 0.3) is 0 Å². The van der Waals surface area contributed by atoms with Gasteiger partial charge in [0.1, 0.15) is 6.23 Å². The first-order valence-electron chi connectivity index (χ1n) is 8.76. The molecule has 3 atom stereocenters. The number of ether oxygens (including phenoxy) is 4. The van der Waals surface area contributed by atoms with E-state index in [-0.39, 0.29) is 36.5 Å². The lowest BCUT2D eigenvalue weighted by Gasteiger charge is -2.35. The molecule has 2 saturated heterocycles. The number of nitrogens with zero attached hydrogens (tertiary/aromatic N) is 1. The summed E-state index contributed by atoms with van der Waals surface area (Å²) >= 11 is 0. The number of carbonyl (C=O) groups excluding carboxylic acids is 2. The Bertz CT molecular complexity index is 676. The van der Waals surface area contributed by atoms with Gasteiger partial charge in [-0.15, -0.1) is 0 Å². The maximum Gasteiger partial charge on any atom is 0.305 e. The van der Waals surface area contributed by atoms with Crippen LogP contribution in [0.4, 0.5) is 0 Å². The molecule has 1 amide bonds. The van der Waals surface area contributed by atoms with E-state index in [1.807, 2.05) is 23.1 Å². The Balaban J connectivity index is 1.67. The fourth-order valence-electron chi connectivity index (χ4n) is 3.80. The van der Waals surface area contributed by atoms with Gasteiger partial charge in [0.25, 0.3) is 0 Å². The van der Waals surface area contributed by atoms with Gasteiger partial charge < -0.3 is 23.8 Å². The van der Waals surface area contributed by atoms with Crippen molar-refractivity contribution in [2.24, 2.45) is 5.92 Å². The van der Waals surface area contributed by atoms with Crippen LogP contribution in [0.3, 0.4) is 0 Å². The maximum absolute atomic E-state index is 12.6. The third-order valence-electron chi connectivity index (χ3n) is 5.07. The normalized spacial score (nSPS) is 25.0. The van der Waals surface area contributed by atoms with Crippen LogP contribution in [0.5, 0.6) is 11.5 Å². The van der Waals surface area contributed by atoms with Gasteiger partial charge in [0, 0.05) is 12.8 Å². The van der Waals surface area contributed by atoms with Crippen LogP contribution in [0.2, 0.25) is 0 Å². The van der Waals surface area contributed by atoms with Gasteiger partial charge in [-0.2, -0.15) is 0 Å². The summed E-state index contributed by atoms with van der Waals surface area (Å²) in [4.78, 5) is 26.0. The minimum absolute atomic E-state index is 0.00956. The van der Waals surface area contributed by atoms with Crippen molar-refractivity contribution >= 4 is 11.9 Å². The first kappa shape index (κ1) is 18.5. The molecule has 2 fully saturated rings. The molecule has 0 bridgehead atoms. The molecule has 2 aliphatic heterocycles. The SMILES string of the molecule is COC(=O)C[C@@H]1CC(=O)N2[C@@H](Cc3ccc(OC)c(OC)c3)CO[C@@H]2C1. The van der Waals surface area contributed by atoms with E-state index in [4.69, 9.17) is 18.9 Å². The summed E-state index contributed by atoms with van der Waals surface area (Å²) in [5.41, 5.74) is 1.06. The highest BCUT2D eigenvalue weighted by molar-refractivity contribution is 5.79. The summed E-state index contributed by atoms with van der Waals surface area (Å²) in [5, 5.41) is 0. The molecule has 0 aliphatic carbocycles. The molecule has 26 heavy (non-hydrogen) atoms. The lowest BCUT2D eigenvalue weighted by molar-refractivity contribution is -0.149. The molecule has 142 valence electrons. The van der Waals surface area contributed by atoms with Crippen molar-refractivity contribution in [1.29, 1.82) is 0 Å². The topological polar surface area (TPSA) is 74.3 Å². The third-order valence-corrected chi connectivity index (χ3v) is 5.07. The van der Waals surface area contributed by atoms with E-state index in [0.29, 0.717) is 37.4 Å². The van der Waals surface area contributed by atoms with Crippen molar-refractivity contribution < 1.29 is 28.5 Å². The number of esters is 1. The van der Waals surface area contributed by atoms with Crippen molar-refractivity contribution in [3.8, 4) is 11.5 Å². The standard InChI is InChI=1S/C19H25NO6/c1-23-15-5-4-12(7-16(15)24-2)6-14-11-26-18-9-13(10-19(22)25-3)8-17(21)20(14)18/h4-5,7,13-14,18H,6,8-11H2,1-3H3/t13-,14+,18-/m1/s1. The molecular formula is C19H25NO6. The molecule has 1 aromatic rings. The molecule has 1 aromatic carbocycles. The maximum atomic E-state index is 12.6. The zero-order valence-corrected chi connectivity index (χ0v) is 15.4. The van der Waals surface area contributed by atoms with Gasteiger partial charge in [-0.25, -0.2) is 0 Å². The van der Waals surface area contributed by atoms with Gasteiger partial charge in [-0.05, 0) is 36.5 Å². The predicted octanol–water partition coefficient (Wildman–Crippen LogP) is 1.77.